The highest BCUT2D eigenvalue weighted by molar-refractivity contribution is 6.25. The molecule has 0 heterocycles. The van der Waals surface area contributed by atoms with Gasteiger partial charge < -0.3 is 0 Å². The van der Waals surface area contributed by atoms with Crippen molar-refractivity contribution in [1.82, 2.24) is 0 Å². The SMILES string of the molecule is c1ccc2c(c1)-c1ccccc1C21c2ccc3ccccc3c2-c2ccc3cc(-c4ccc(-c5ccc6ccc7cccc8ccc5c6c78)cc4)ccc3c21. The second kappa shape index (κ2) is 10.6. The molecule has 11 aromatic carbocycles. The summed E-state index contributed by atoms with van der Waals surface area (Å²) >= 11 is 0. The summed E-state index contributed by atoms with van der Waals surface area (Å²) in [6.07, 6.45) is 0. The monoisotopic (exact) mass is 692 g/mol. The summed E-state index contributed by atoms with van der Waals surface area (Å²) < 4.78 is 0. The molecule has 0 atom stereocenters. The summed E-state index contributed by atoms with van der Waals surface area (Å²) in [6, 6.07) is 73.3. The van der Waals surface area contributed by atoms with Gasteiger partial charge in [0.2, 0.25) is 0 Å². The van der Waals surface area contributed by atoms with E-state index in [-0.39, 0.29) is 0 Å². The van der Waals surface area contributed by atoms with Gasteiger partial charge in [0.05, 0.1) is 5.41 Å². The maximum absolute atomic E-state index is 2.42. The first-order valence-electron chi connectivity index (χ1n) is 19.3. The van der Waals surface area contributed by atoms with Gasteiger partial charge >= 0.3 is 0 Å². The van der Waals surface area contributed by atoms with Gasteiger partial charge in [-0.25, -0.2) is 0 Å². The van der Waals surface area contributed by atoms with E-state index in [0.717, 1.165) is 0 Å². The van der Waals surface area contributed by atoms with Crippen molar-refractivity contribution < 1.29 is 0 Å². The molecule has 0 radical (unpaired) electrons. The molecule has 0 bridgehead atoms. The van der Waals surface area contributed by atoms with Crippen molar-refractivity contribution in [1.29, 1.82) is 0 Å². The second-order valence-corrected chi connectivity index (χ2v) is 15.5. The van der Waals surface area contributed by atoms with Crippen LogP contribution in [0.15, 0.2) is 194 Å². The first kappa shape index (κ1) is 29.4. The van der Waals surface area contributed by atoms with Gasteiger partial charge in [-0.15, -0.1) is 0 Å². The van der Waals surface area contributed by atoms with E-state index < -0.39 is 5.41 Å². The van der Waals surface area contributed by atoms with E-state index >= 15 is 0 Å². The molecular formula is C55H32. The molecule has 2 aliphatic carbocycles. The molecule has 252 valence electrons. The van der Waals surface area contributed by atoms with Crippen molar-refractivity contribution in [2.75, 3.05) is 0 Å². The van der Waals surface area contributed by atoms with Crippen LogP contribution in [0.1, 0.15) is 22.3 Å². The lowest BCUT2D eigenvalue weighted by Crippen LogP contribution is -2.26. The van der Waals surface area contributed by atoms with E-state index in [1.54, 1.807) is 0 Å². The highest BCUT2D eigenvalue weighted by atomic mass is 14.5. The van der Waals surface area contributed by atoms with Crippen molar-refractivity contribution in [3.05, 3.63) is 216 Å². The topological polar surface area (TPSA) is 0 Å². The fraction of sp³-hybridized carbons (Fsp3) is 0.0182. The van der Waals surface area contributed by atoms with Crippen molar-refractivity contribution in [3.63, 3.8) is 0 Å². The summed E-state index contributed by atoms with van der Waals surface area (Å²) in [5, 5.41) is 13.1. The molecule has 0 aliphatic heterocycles. The standard InChI is InChI=1S/C55H32/c1-2-11-42-34(8-1)26-31-50-53(42)47-30-25-40-32-39(24-28-43(40)54(47)55(50)48-14-5-3-12-44(48)45-13-4-6-15-49(45)55)33-16-18-35(19-17-33)41-27-22-38-21-20-36-9-7-10-37-23-29-46(41)52(38)51(36)37/h1-32H. The lowest BCUT2D eigenvalue weighted by atomic mass is 9.69. The molecular weight excluding hydrogens is 661 g/mol. The van der Waals surface area contributed by atoms with Gasteiger partial charge in [-0.3, -0.25) is 0 Å². The molecule has 0 fully saturated rings. The van der Waals surface area contributed by atoms with Gasteiger partial charge in [-0.2, -0.15) is 0 Å². The third kappa shape index (κ3) is 3.71. The molecule has 11 aromatic rings. The Morgan fingerprint density at radius 3 is 1.64 bits per heavy atom. The summed E-state index contributed by atoms with van der Waals surface area (Å²) in [6.45, 7) is 0. The molecule has 1 spiro atoms. The van der Waals surface area contributed by atoms with E-state index in [9.17, 15) is 0 Å². The zero-order valence-corrected chi connectivity index (χ0v) is 30.0. The lowest BCUT2D eigenvalue weighted by Gasteiger charge is -2.31. The van der Waals surface area contributed by atoms with Crippen LogP contribution >= 0.6 is 0 Å². The molecule has 0 saturated heterocycles. The zero-order valence-electron chi connectivity index (χ0n) is 30.0. The van der Waals surface area contributed by atoms with Crippen LogP contribution in [0.4, 0.5) is 0 Å². The quantitative estimate of drug-likeness (QED) is 0.158. The fourth-order valence-corrected chi connectivity index (χ4v) is 10.8. The molecule has 0 amide bonds. The number of hydrogen-bond acceptors (Lipinski definition) is 0. The Labute approximate surface area is 318 Å². The van der Waals surface area contributed by atoms with E-state index in [4.69, 9.17) is 0 Å². The minimum atomic E-state index is -0.398. The Kier molecular flexibility index (Phi) is 5.65. The van der Waals surface area contributed by atoms with Crippen molar-refractivity contribution in [2.24, 2.45) is 0 Å². The van der Waals surface area contributed by atoms with Crippen LogP contribution in [0.3, 0.4) is 0 Å². The molecule has 2 aliphatic rings. The van der Waals surface area contributed by atoms with Crippen LogP contribution in [0.2, 0.25) is 0 Å². The first-order valence-corrected chi connectivity index (χ1v) is 19.3. The van der Waals surface area contributed by atoms with Crippen LogP contribution < -0.4 is 0 Å². The predicted molar refractivity (Wildman–Crippen MR) is 232 cm³/mol. The van der Waals surface area contributed by atoms with Gasteiger partial charge in [-0.05, 0) is 127 Å². The fourth-order valence-electron chi connectivity index (χ4n) is 10.8. The van der Waals surface area contributed by atoms with Gasteiger partial charge in [0.1, 0.15) is 0 Å². The van der Waals surface area contributed by atoms with Crippen LogP contribution in [0.5, 0.6) is 0 Å². The zero-order chi connectivity index (χ0) is 35.8. The molecule has 55 heavy (non-hydrogen) atoms. The maximum Gasteiger partial charge on any atom is 0.0731 e. The van der Waals surface area contributed by atoms with Gasteiger partial charge in [0.15, 0.2) is 0 Å². The van der Waals surface area contributed by atoms with Gasteiger partial charge in [0, 0.05) is 0 Å². The van der Waals surface area contributed by atoms with Crippen LogP contribution in [0.25, 0.3) is 98.4 Å². The molecule has 0 unspecified atom stereocenters. The molecule has 0 N–H and O–H groups in total. The third-order valence-corrected chi connectivity index (χ3v) is 13.0. The number of benzene rings is 11. The summed E-state index contributed by atoms with van der Waals surface area (Å²) in [4.78, 5) is 0. The van der Waals surface area contributed by atoms with Crippen molar-refractivity contribution in [2.45, 2.75) is 5.41 Å². The maximum atomic E-state index is 2.42. The van der Waals surface area contributed by atoms with Crippen molar-refractivity contribution >= 4 is 53.9 Å². The summed E-state index contributed by atoms with van der Waals surface area (Å²) in [7, 11) is 0. The molecule has 0 heteroatoms. The van der Waals surface area contributed by atoms with E-state index in [1.807, 2.05) is 0 Å². The molecule has 0 saturated carbocycles. The minimum Gasteiger partial charge on any atom is -0.0619 e. The van der Waals surface area contributed by atoms with Crippen LogP contribution in [0, 0.1) is 0 Å². The normalized spacial score (nSPS) is 13.6. The number of fused-ring (bicyclic) bond motifs is 14. The summed E-state index contributed by atoms with van der Waals surface area (Å²) in [5.74, 6) is 0. The second-order valence-electron chi connectivity index (χ2n) is 15.5. The first-order chi connectivity index (χ1) is 27.3. The Bertz CT molecular complexity index is 3360. The van der Waals surface area contributed by atoms with E-state index in [2.05, 4.69) is 194 Å². The third-order valence-electron chi connectivity index (χ3n) is 13.0. The Morgan fingerprint density at radius 1 is 0.273 bits per heavy atom. The molecule has 0 aromatic heterocycles. The molecule has 0 nitrogen and oxygen atoms in total. The average molecular weight is 693 g/mol. The minimum absolute atomic E-state index is 0.398. The molecule has 13 rings (SSSR count). The number of hydrogen-bond donors (Lipinski definition) is 0. The average Bonchev–Trinajstić information content (AvgIpc) is 3.73. The summed E-state index contributed by atoms with van der Waals surface area (Å²) in [5.41, 5.74) is 15.5. The van der Waals surface area contributed by atoms with Crippen LogP contribution in [-0.2, 0) is 5.41 Å². The Balaban J connectivity index is 0.993. The Morgan fingerprint density at radius 2 is 0.836 bits per heavy atom. The van der Waals surface area contributed by atoms with E-state index in [1.165, 1.54) is 121 Å². The van der Waals surface area contributed by atoms with E-state index in [0.29, 0.717) is 0 Å². The highest BCUT2D eigenvalue weighted by Gasteiger charge is 2.52. The van der Waals surface area contributed by atoms with Crippen LogP contribution in [-0.4, -0.2) is 0 Å². The lowest BCUT2D eigenvalue weighted by molar-refractivity contribution is 0.802. The van der Waals surface area contributed by atoms with Gasteiger partial charge in [-0.1, -0.05) is 188 Å². The number of rotatable bonds is 2. The van der Waals surface area contributed by atoms with Crippen molar-refractivity contribution in [3.8, 4) is 44.5 Å². The smallest absolute Gasteiger partial charge is 0.0619 e. The predicted octanol–water partition coefficient (Wildman–Crippen LogP) is 14.6. The highest BCUT2D eigenvalue weighted by Crippen LogP contribution is 2.65. The Hall–Kier alpha value is -7.02. The largest absolute Gasteiger partial charge is 0.0731 e. The van der Waals surface area contributed by atoms with Gasteiger partial charge in [0.25, 0.3) is 0 Å².